The number of aromatic nitrogens is 3. The maximum Gasteiger partial charge on any atom is 0.322 e. The number of anilines is 1. The zero-order valence-corrected chi connectivity index (χ0v) is 13.5. The van der Waals surface area contributed by atoms with Gasteiger partial charge in [0, 0.05) is 24.7 Å². The fourth-order valence-electron chi connectivity index (χ4n) is 2.87. The van der Waals surface area contributed by atoms with E-state index in [4.69, 9.17) is 0 Å². The summed E-state index contributed by atoms with van der Waals surface area (Å²) in [6.07, 6.45) is 0. The van der Waals surface area contributed by atoms with Gasteiger partial charge in [-0.2, -0.15) is 0 Å². The minimum atomic E-state index is -0.379. The Morgan fingerprint density at radius 2 is 2.13 bits per heavy atom. The molecule has 1 aliphatic heterocycles. The Balaban J connectivity index is 1.78. The van der Waals surface area contributed by atoms with E-state index in [1.807, 2.05) is 6.92 Å². The topological polar surface area (TPSA) is 63.1 Å². The number of carbonyl (C=O) groups is 1. The lowest BCUT2D eigenvalue weighted by molar-refractivity contribution is 0.172. The van der Waals surface area contributed by atoms with Gasteiger partial charge in [0.2, 0.25) is 0 Å². The van der Waals surface area contributed by atoms with Crippen molar-refractivity contribution in [2.45, 2.75) is 39.3 Å². The monoisotopic (exact) mass is 317 g/mol. The molecule has 2 amide bonds. The molecule has 0 saturated carbocycles. The van der Waals surface area contributed by atoms with E-state index in [1.165, 1.54) is 12.1 Å². The summed E-state index contributed by atoms with van der Waals surface area (Å²) in [6, 6.07) is 5.42. The minimum absolute atomic E-state index is 0.183. The number of fused-ring (bicyclic) bond motifs is 1. The van der Waals surface area contributed by atoms with Crippen molar-refractivity contribution in [3.63, 3.8) is 0 Å². The number of urea groups is 1. The second kappa shape index (κ2) is 5.98. The Bertz CT molecular complexity index is 727. The number of amides is 2. The first-order chi connectivity index (χ1) is 11.0. The van der Waals surface area contributed by atoms with Gasteiger partial charge in [0.15, 0.2) is 5.82 Å². The maximum absolute atomic E-state index is 13.2. The molecule has 0 saturated heterocycles. The number of carbonyl (C=O) groups excluding carboxylic acids is 1. The molecular formula is C16H20FN5O. The van der Waals surface area contributed by atoms with Crippen molar-refractivity contribution in [3.05, 3.63) is 41.7 Å². The van der Waals surface area contributed by atoms with E-state index >= 15 is 0 Å². The van der Waals surface area contributed by atoms with E-state index in [-0.39, 0.29) is 23.8 Å². The third-order valence-electron chi connectivity index (χ3n) is 4.07. The van der Waals surface area contributed by atoms with Gasteiger partial charge in [0.05, 0.1) is 6.04 Å². The summed E-state index contributed by atoms with van der Waals surface area (Å²) < 4.78 is 15.3. The maximum atomic E-state index is 13.2. The van der Waals surface area contributed by atoms with Crippen molar-refractivity contribution in [3.8, 4) is 0 Å². The van der Waals surface area contributed by atoms with Gasteiger partial charge >= 0.3 is 6.03 Å². The highest BCUT2D eigenvalue weighted by Gasteiger charge is 2.31. The average Bonchev–Trinajstić information content (AvgIpc) is 2.92. The number of halogens is 1. The lowest BCUT2D eigenvalue weighted by Gasteiger charge is -2.34. The van der Waals surface area contributed by atoms with Crippen LogP contribution in [0.2, 0.25) is 0 Å². The van der Waals surface area contributed by atoms with Crippen molar-refractivity contribution >= 4 is 11.7 Å². The molecule has 0 radical (unpaired) electrons. The third kappa shape index (κ3) is 2.91. The van der Waals surface area contributed by atoms with Crippen LogP contribution in [-0.4, -0.2) is 32.2 Å². The van der Waals surface area contributed by atoms with Crippen LogP contribution in [0.5, 0.6) is 0 Å². The summed E-state index contributed by atoms with van der Waals surface area (Å²) in [6.45, 7) is 7.30. The van der Waals surface area contributed by atoms with E-state index in [9.17, 15) is 9.18 Å². The van der Waals surface area contributed by atoms with Gasteiger partial charge in [-0.05, 0) is 25.1 Å². The van der Waals surface area contributed by atoms with Crippen LogP contribution in [0.1, 0.15) is 44.4 Å². The molecule has 1 atom stereocenters. The molecule has 0 fully saturated rings. The van der Waals surface area contributed by atoms with Crippen molar-refractivity contribution < 1.29 is 9.18 Å². The van der Waals surface area contributed by atoms with E-state index in [1.54, 1.807) is 17.0 Å². The van der Waals surface area contributed by atoms with E-state index in [2.05, 4.69) is 33.9 Å². The summed E-state index contributed by atoms with van der Waals surface area (Å²) in [5, 5.41) is 11.2. The van der Waals surface area contributed by atoms with Crippen LogP contribution in [0, 0.1) is 5.82 Å². The van der Waals surface area contributed by atoms with Gasteiger partial charge < -0.3 is 14.8 Å². The lowest BCUT2D eigenvalue weighted by Crippen LogP contribution is -2.43. The molecule has 0 bridgehead atoms. The van der Waals surface area contributed by atoms with Crippen LogP contribution in [0.3, 0.4) is 0 Å². The van der Waals surface area contributed by atoms with Crippen LogP contribution in [0.25, 0.3) is 0 Å². The second-order valence-electron chi connectivity index (χ2n) is 6.03. The number of rotatable bonds is 2. The number of hydrogen-bond acceptors (Lipinski definition) is 3. The molecular weight excluding hydrogens is 297 g/mol. The molecule has 1 aromatic heterocycles. The molecule has 2 heterocycles. The first kappa shape index (κ1) is 15.5. The number of nitrogens with zero attached hydrogens (tertiary/aromatic N) is 4. The van der Waals surface area contributed by atoms with Crippen molar-refractivity contribution in [2.24, 2.45) is 0 Å². The van der Waals surface area contributed by atoms with Crippen molar-refractivity contribution in [1.29, 1.82) is 0 Å². The van der Waals surface area contributed by atoms with Gasteiger partial charge in [-0.1, -0.05) is 19.9 Å². The Hall–Kier alpha value is -2.44. The van der Waals surface area contributed by atoms with Crippen molar-refractivity contribution in [1.82, 2.24) is 19.7 Å². The summed E-state index contributed by atoms with van der Waals surface area (Å²) in [7, 11) is 0. The predicted molar refractivity (Wildman–Crippen MR) is 84.7 cm³/mol. The van der Waals surface area contributed by atoms with Gasteiger partial charge in [0.25, 0.3) is 0 Å². The number of benzene rings is 1. The highest BCUT2D eigenvalue weighted by Crippen LogP contribution is 2.27. The molecule has 6 nitrogen and oxygen atoms in total. The van der Waals surface area contributed by atoms with Crippen LogP contribution < -0.4 is 5.32 Å². The highest BCUT2D eigenvalue weighted by atomic mass is 19.1. The second-order valence-corrected chi connectivity index (χ2v) is 6.03. The first-order valence-corrected chi connectivity index (χ1v) is 7.73. The zero-order valence-electron chi connectivity index (χ0n) is 13.5. The molecule has 1 aliphatic rings. The normalized spacial score (nSPS) is 17.3. The van der Waals surface area contributed by atoms with E-state index < -0.39 is 0 Å². The van der Waals surface area contributed by atoms with E-state index in [0.29, 0.717) is 18.8 Å². The first-order valence-electron chi connectivity index (χ1n) is 7.73. The predicted octanol–water partition coefficient (Wildman–Crippen LogP) is 3.15. The Labute approximate surface area is 134 Å². The summed E-state index contributed by atoms with van der Waals surface area (Å²) in [5.41, 5.74) is 0.442. The molecule has 7 heteroatoms. The molecule has 1 unspecified atom stereocenters. The van der Waals surface area contributed by atoms with E-state index in [0.717, 1.165) is 11.6 Å². The summed E-state index contributed by atoms with van der Waals surface area (Å²) in [4.78, 5) is 14.2. The molecule has 2 aromatic rings. The average molecular weight is 317 g/mol. The molecule has 1 aromatic carbocycles. The highest BCUT2D eigenvalue weighted by molar-refractivity contribution is 5.89. The van der Waals surface area contributed by atoms with Gasteiger partial charge in [-0.3, -0.25) is 0 Å². The largest absolute Gasteiger partial charge is 0.322 e. The van der Waals surface area contributed by atoms with Gasteiger partial charge in [-0.25, -0.2) is 9.18 Å². The molecule has 3 rings (SSSR count). The summed E-state index contributed by atoms with van der Waals surface area (Å²) in [5.74, 6) is 1.64. The smallest absolute Gasteiger partial charge is 0.313 e. The number of hydrogen-bond donors (Lipinski definition) is 1. The number of nitrogens with one attached hydrogen (secondary N) is 1. The van der Waals surface area contributed by atoms with Gasteiger partial charge in [0.1, 0.15) is 11.6 Å². The zero-order chi connectivity index (χ0) is 16.6. The van der Waals surface area contributed by atoms with Crippen molar-refractivity contribution in [2.75, 3.05) is 11.9 Å². The minimum Gasteiger partial charge on any atom is -0.313 e. The van der Waals surface area contributed by atoms with Crippen LogP contribution in [0.15, 0.2) is 24.3 Å². The summed E-state index contributed by atoms with van der Waals surface area (Å²) >= 11 is 0. The quantitative estimate of drug-likeness (QED) is 0.925. The lowest BCUT2D eigenvalue weighted by atomic mass is 10.1. The Kier molecular flexibility index (Phi) is 4.02. The van der Waals surface area contributed by atoms with Gasteiger partial charge in [-0.15, -0.1) is 10.2 Å². The SMILES string of the molecule is CC(C)c1nnc2n1CCN(C(=O)Nc1cccc(F)c1)C2C. The molecule has 23 heavy (non-hydrogen) atoms. The Morgan fingerprint density at radius 1 is 1.35 bits per heavy atom. The molecule has 0 aliphatic carbocycles. The standard InChI is InChI=1S/C16H20FN5O/c1-10(2)14-19-20-15-11(3)21(7-8-22(14)15)16(23)18-13-6-4-5-12(17)9-13/h4-6,9-11H,7-8H2,1-3H3,(H,18,23). The molecule has 0 spiro atoms. The molecule has 122 valence electrons. The fraction of sp³-hybridized carbons (Fsp3) is 0.438. The third-order valence-corrected chi connectivity index (χ3v) is 4.07. The van der Waals surface area contributed by atoms with Crippen LogP contribution in [0.4, 0.5) is 14.9 Å². The van der Waals surface area contributed by atoms with Crippen LogP contribution >= 0.6 is 0 Å². The molecule has 1 N–H and O–H groups in total. The fourth-order valence-corrected chi connectivity index (χ4v) is 2.87. The van der Waals surface area contributed by atoms with Crippen LogP contribution in [-0.2, 0) is 6.54 Å². The Morgan fingerprint density at radius 3 is 2.83 bits per heavy atom.